The molecule has 0 aliphatic rings. The topological polar surface area (TPSA) is 96.4 Å². The van der Waals surface area contributed by atoms with E-state index in [1.165, 1.54) is 34.6 Å². The molecule has 1 aromatic carbocycles. The Kier molecular flexibility index (Phi) is 8.46. The first kappa shape index (κ1) is 27.0. The van der Waals surface area contributed by atoms with E-state index in [0.29, 0.717) is 42.1 Å². The quantitative estimate of drug-likeness (QED) is 0.331. The van der Waals surface area contributed by atoms with Gasteiger partial charge in [0.05, 0.1) is 9.77 Å². The van der Waals surface area contributed by atoms with E-state index >= 15 is 0 Å². The van der Waals surface area contributed by atoms with Crippen LogP contribution in [0, 0.1) is 0 Å². The summed E-state index contributed by atoms with van der Waals surface area (Å²) in [6.07, 6.45) is -3.79. The van der Waals surface area contributed by atoms with Crippen LogP contribution in [-0.2, 0) is 10.0 Å². The smallest absolute Gasteiger partial charge is 0.298 e. The number of nitrogens with zero attached hydrogens (tertiary/aromatic N) is 2. The van der Waals surface area contributed by atoms with E-state index in [1.807, 2.05) is 13.8 Å². The number of thiophene rings is 1. The number of benzene rings is 1. The maximum atomic E-state index is 13.1. The molecule has 0 saturated heterocycles. The van der Waals surface area contributed by atoms with Crippen LogP contribution in [0.2, 0.25) is 0 Å². The fraction of sp³-hybridized carbons (Fsp3) is 0.318. The van der Waals surface area contributed by atoms with Crippen molar-refractivity contribution >= 4 is 49.5 Å². The molecule has 3 rings (SSSR count). The summed E-state index contributed by atoms with van der Waals surface area (Å²) in [7, 11) is -3.73. The summed E-state index contributed by atoms with van der Waals surface area (Å²) < 4.78 is 66.4. The van der Waals surface area contributed by atoms with E-state index < -0.39 is 32.8 Å². The number of ketones is 1. The highest BCUT2D eigenvalue weighted by atomic mass is 32.2. The number of hydrogen-bond acceptors (Lipinski definition) is 7. The summed E-state index contributed by atoms with van der Waals surface area (Å²) in [5.74, 6) is -2.75. The van der Waals surface area contributed by atoms with Crippen LogP contribution < -0.4 is 5.32 Å². The minimum atomic E-state index is -5.09. The average Bonchev–Trinajstić information content (AvgIpc) is 3.48. The molecule has 0 radical (unpaired) electrons. The maximum absolute atomic E-state index is 13.1. The number of anilines is 1. The third-order valence-corrected chi connectivity index (χ3v) is 8.53. The van der Waals surface area contributed by atoms with Gasteiger partial charge in [-0.05, 0) is 48.6 Å². The van der Waals surface area contributed by atoms with Crippen molar-refractivity contribution in [1.82, 2.24) is 9.29 Å². The number of hydrogen-bond donors (Lipinski definition) is 1. The van der Waals surface area contributed by atoms with Crippen molar-refractivity contribution in [3.8, 4) is 10.6 Å². The number of carbonyl (C=O) groups is 2. The molecular weight excluding hydrogens is 523 g/mol. The van der Waals surface area contributed by atoms with Crippen molar-refractivity contribution in [2.45, 2.75) is 37.8 Å². The maximum Gasteiger partial charge on any atom is 0.455 e. The molecular formula is C22H22F3N3O4S3. The lowest BCUT2D eigenvalue weighted by Gasteiger charge is -2.21. The van der Waals surface area contributed by atoms with Crippen LogP contribution in [0.1, 0.15) is 46.7 Å². The predicted octanol–water partition coefficient (Wildman–Crippen LogP) is 5.68. The summed E-state index contributed by atoms with van der Waals surface area (Å²) in [6, 6.07) is 8.37. The molecule has 0 atom stereocenters. The second-order valence-corrected chi connectivity index (χ2v) is 11.3. The lowest BCUT2D eigenvalue weighted by atomic mass is 10.2. The van der Waals surface area contributed by atoms with Gasteiger partial charge < -0.3 is 0 Å². The van der Waals surface area contributed by atoms with Crippen molar-refractivity contribution in [3.05, 3.63) is 52.2 Å². The van der Waals surface area contributed by atoms with Crippen LogP contribution >= 0.6 is 22.7 Å². The molecule has 0 unspecified atom stereocenters. The molecule has 13 heteroatoms. The molecule has 2 heterocycles. The predicted molar refractivity (Wildman–Crippen MR) is 130 cm³/mol. The Labute approximate surface area is 208 Å². The average molecular weight is 546 g/mol. The lowest BCUT2D eigenvalue weighted by Crippen LogP contribution is -2.32. The van der Waals surface area contributed by atoms with Gasteiger partial charge in [0.1, 0.15) is 10.6 Å². The van der Waals surface area contributed by atoms with E-state index in [1.54, 1.807) is 11.4 Å². The molecule has 0 spiro atoms. The molecule has 0 fully saturated rings. The normalized spacial score (nSPS) is 12.2. The Morgan fingerprint density at radius 3 is 2.20 bits per heavy atom. The fourth-order valence-electron chi connectivity index (χ4n) is 3.18. The van der Waals surface area contributed by atoms with Crippen LogP contribution in [0.5, 0.6) is 0 Å². The van der Waals surface area contributed by atoms with Gasteiger partial charge in [-0.2, -0.15) is 17.5 Å². The number of amides is 1. The Morgan fingerprint density at radius 1 is 1.06 bits per heavy atom. The minimum Gasteiger partial charge on any atom is -0.298 e. The van der Waals surface area contributed by atoms with Crippen molar-refractivity contribution in [3.63, 3.8) is 0 Å². The number of Topliss-reactive ketones (excluding diaryl/α,β-unsaturated/α-hetero) is 1. The van der Waals surface area contributed by atoms with Gasteiger partial charge >= 0.3 is 6.18 Å². The highest BCUT2D eigenvalue weighted by Crippen LogP contribution is 2.37. The van der Waals surface area contributed by atoms with Crippen molar-refractivity contribution < 1.29 is 31.2 Å². The number of sulfonamides is 1. The van der Waals surface area contributed by atoms with Crippen molar-refractivity contribution in [1.29, 1.82) is 0 Å². The van der Waals surface area contributed by atoms with E-state index in [9.17, 15) is 31.2 Å². The summed E-state index contributed by atoms with van der Waals surface area (Å²) in [4.78, 5) is 28.4. The van der Waals surface area contributed by atoms with E-state index in [-0.39, 0.29) is 21.3 Å². The third kappa shape index (κ3) is 6.15. The second kappa shape index (κ2) is 11.0. The monoisotopic (exact) mass is 545 g/mol. The Morgan fingerprint density at radius 2 is 1.69 bits per heavy atom. The van der Waals surface area contributed by atoms with E-state index in [2.05, 4.69) is 10.3 Å². The van der Waals surface area contributed by atoms with Gasteiger partial charge in [0.2, 0.25) is 10.0 Å². The zero-order valence-electron chi connectivity index (χ0n) is 18.8. The fourth-order valence-corrected chi connectivity index (χ4v) is 6.53. The molecule has 1 N–H and O–H groups in total. The van der Waals surface area contributed by atoms with Gasteiger partial charge in [-0.25, -0.2) is 13.4 Å². The van der Waals surface area contributed by atoms with Crippen LogP contribution in [0.15, 0.2) is 46.7 Å². The summed E-state index contributed by atoms with van der Waals surface area (Å²) in [6.45, 7) is 4.49. The third-order valence-electron chi connectivity index (χ3n) is 4.77. The SMILES string of the molecule is CCCN(CCC)S(=O)(=O)c1ccc(C(=O)Nc2nc(-c3cccs3)c(C(=O)C(F)(F)F)s2)cc1. The Balaban J connectivity index is 1.85. The van der Waals surface area contributed by atoms with E-state index in [0.717, 1.165) is 11.3 Å². The molecule has 3 aromatic rings. The van der Waals surface area contributed by atoms with Gasteiger partial charge in [-0.3, -0.25) is 14.9 Å². The highest BCUT2D eigenvalue weighted by Gasteiger charge is 2.42. The molecule has 1 amide bonds. The number of alkyl halides is 3. The molecule has 0 aliphatic carbocycles. The van der Waals surface area contributed by atoms with Gasteiger partial charge in [-0.15, -0.1) is 11.3 Å². The molecule has 2 aromatic heterocycles. The number of thiazole rings is 1. The number of rotatable bonds is 10. The van der Waals surface area contributed by atoms with Gasteiger partial charge in [0, 0.05) is 18.7 Å². The second-order valence-electron chi connectivity index (χ2n) is 7.38. The van der Waals surface area contributed by atoms with Crippen LogP contribution in [0.4, 0.5) is 18.3 Å². The Hall–Kier alpha value is -2.61. The highest BCUT2D eigenvalue weighted by molar-refractivity contribution is 7.89. The summed E-state index contributed by atoms with van der Waals surface area (Å²) in [5.41, 5.74) is -0.0749. The molecule has 0 bridgehead atoms. The molecule has 188 valence electrons. The number of nitrogens with one attached hydrogen (secondary N) is 1. The first-order valence-corrected chi connectivity index (χ1v) is 13.7. The van der Waals surface area contributed by atoms with Crippen LogP contribution in [0.3, 0.4) is 0 Å². The van der Waals surface area contributed by atoms with E-state index in [4.69, 9.17) is 0 Å². The standard InChI is InChI=1S/C22H22F3N3O4S3/c1-3-11-28(12-4-2)35(31,32)15-9-7-14(8-10-15)20(30)27-21-26-17(16-6-5-13-33-16)18(34-21)19(29)22(23,24)25/h5-10,13H,3-4,11-12H2,1-2H3,(H,26,27,30). The van der Waals surface area contributed by atoms with Gasteiger partial charge in [0.15, 0.2) is 5.13 Å². The Bertz CT molecular complexity index is 1280. The first-order chi connectivity index (χ1) is 16.5. The van der Waals surface area contributed by atoms with Gasteiger partial charge in [0.25, 0.3) is 11.7 Å². The minimum absolute atomic E-state index is 0.0308. The first-order valence-electron chi connectivity index (χ1n) is 10.6. The molecule has 0 aliphatic heterocycles. The number of halogens is 3. The van der Waals surface area contributed by atoms with Crippen molar-refractivity contribution in [2.24, 2.45) is 0 Å². The van der Waals surface area contributed by atoms with Gasteiger partial charge in [-0.1, -0.05) is 31.3 Å². The summed E-state index contributed by atoms with van der Waals surface area (Å²) >= 11 is 1.54. The lowest BCUT2D eigenvalue weighted by molar-refractivity contribution is -0.0882. The number of carbonyl (C=O) groups excluding carboxylic acids is 2. The van der Waals surface area contributed by atoms with Crippen molar-refractivity contribution in [2.75, 3.05) is 18.4 Å². The van der Waals surface area contributed by atoms with Crippen LogP contribution in [0.25, 0.3) is 10.6 Å². The molecule has 7 nitrogen and oxygen atoms in total. The zero-order chi connectivity index (χ0) is 25.8. The van der Waals surface area contributed by atoms with Crippen LogP contribution in [-0.4, -0.2) is 48.7 Å². The summed E-state index contributed by atoms with van der Waals surface area (Å²) in [5, 5.41) is 3.85. The zero-order valence-corrected chi connectivity index (χ0v) is 21.2. The largest absolute Gasteiger partial charge is 0.455 e. The number of aromatic nitrogens is 1. The molecule has 0 saturated carbocycles. The molecule has 35 heavy (non-hydrogen) atoms.